The van der Waals surface area contributed by atoms with Crippen LogP contribution in [0.15, 0.2) is 12.3 Å². The first-order valence-corrected chi connectivity index (χ1v) is 7.04. The molecule has 1 aromatic heterocycles. The smallest absolute Gasteiger partial charge is 0.0796 e. The lowest BCUT2D eigenvalue weighted by Gasteiger charge is -2.25. The van der Waals surface area contributed by atoms with Gasteiger partial charge in [-0.1, -0.05) is 32.6 Å². The quantitative estimate of drug-likeness (QED) is 0.813. The van der Waals surface area contributed by atoms with E-state index in [0.717, 1.165) is 12.5 Å². The average molecular weight is 235 g/mol. The Morgan fingerprint density at radius 1 is 1.35 bits per heavy atom. The summed E-state index contributed by atoms with van der Waals surface area (Å²) >= 11 is 0. The Hall–Kier alpha value is -0.830. The van der Waals surface area contributed by atoms with Crippen LogP contribution in [-0.4, -0.2) is 16.3 Å². The number of nitrogens with one attached hydrogen (secondary N) is 1. The van der Waals surface area contributed by atoms with E-state index in [0.29, 0.717) is 6.04 Å². The highest BCUT2D eigenvalue weighted by molar-refractivity contribution is 5.07. The van der Waals surface area contributed by atoms with Crippen LogP contribution in [0.25, 0.3) is 0 Å². The van der Waals surface area contributed by atoms with Gasteiger partial charge in [-0.05, 0) is 31.4 Å². The minimum Gasteiger partial charge on any atom is -0.309 e. The monoisotopic (exact) mass is 235 g/mol. The third-order valence-electron chi connectivity index (χ3n) is 3.85. The number of hydrogen-bond acceptors (Lipinski definition) is 2. The number of rotatable bonds is 4. The standard InChI is InChI=1S/C14H25N3/c1-3-15-14(13-10-11-17(2)16-13)12-8-6-4-5-7-9-12/h10-12,14-15H,3-9H2,1-2H3. The van der Waals surface area contributed by atoms with Gasteiger partial charge in [-0.3, -0.25) is 4.68 Å². The van der Waals surface area contributed by atoms with Crippen molar-refractivity contribution in [2.75, 3.05) is 6.54 Å². The summed E-state index contributed by atoms with van der Waals surface area (Å²) in [5.41, 5.74) is 1.22. The van der Waals surface area contributed by atoms with Gasteiger partial charge in [0.05, 0.1) is 11.7 Å². The lowest BCUT2D eigenvalue weighted by Crippen LogP contribution is -2.28. The summed E-state index contributed by atoms with van der Waals surface area (Å²) in [4.78, 5) is 0. The third kappa shape index (κ3) is 3.32. The molecule has 1 aromatic rings. The minimum absolute atomic E-state index is 0.458. The second-order valence-electron chi connectivity index (χ2n) is 5.20. The zero-order valence-electron chi connectivity index (χ0n) is 11.2. The van der Waals surface area contributed by atoms with Crippen LogP contribution in [-0.2, 0) is 7.05 Å². The van der Waals surface area contributed by atoms with Crippen LogP contribution in [0.2, 0.25) is 0 Å². The maximum atomic E-state index is 4.59. The summed E-state index contributed by atoms with van der Waals surface area (Å²) in [5, 5.41) is 8.22. The summed E-state index contributed by atoms with van der Waals surface area (Å²) in [5.74, 6) is 0.771. The van der Waals surface area contributed by atoms with Crippen molar-refractivity contribution in [1.29, 1.82) is 0 Å². The lowest BCUT2D eigenvalue weighted by molar-refractivity contribution is 0.323. The zero-order chi connectivity index (χ0) is 12.1. The molecule has 3 nitrogen and oxygen atoms in total. The molecular formula is C14H25N3. The van der Waals surface area contributed by atoms with E-state index in [1.165, 1.54) is 44.2 Å². The van der Waals surface area contributed by atoms with E-state index < -0.39 is 0 Å². The van der Waals surface area contributed by atoms with Crippen molar-refractivity contribution in [2.45, 2.75) is 51.5 Å². The third-order valence-corrected chi connectivity index (χ3v) is 3.85. The van der Waals surface area contributed by atoms with Gasteiger partial charge in [-0.2, -0.15) is 5.10 Å². The largest absolute Gasteiger partial charge is 0.309 e. The number of nitrogens with zero attached hydrogens (tertiary/aromatic N) is 2. The van der Waals surface area contributed by atoms with Gasteiger partial charge in [0, 0.05) is 13.2 Å². The summed E-state index contributed by atoms with van der Waals surface area (Å²) in [6.07, 6.45) is 10.4. The van der Waals surface area contributed by atoms with Crippen molar-refractivity contribution >= 4 is 0 Å². The van der Waals surface area contributed by atoms with Gasteiger partial charge in [0.15, 0.2) is 0 Å². The molecule has 0 radical (unpaired) electrons. The number of aryl methyl sites for hydroxylation is 1. The molecule has 1 unspecified atom stereocenters. The molecule has 1 fully saturated rings. The van der Waals surface area contributed by atoms with Crippen LogP contribution < -0.4 is 5.32 Å². The topological polar surface area (TPSA) is 29.9 Å². The van der Waals surface area contributed by atoms with Crippen molar-refractivity contribution in [3.8, 4) is 0 Å². The Bertz CT molecular complexity index is 324. The number of hydrogen-bond donors (Lipinski definition) is 1. The Kier molecular flexibility index (Phi) is 4.60. The van der Waals surface area contributed by atoms with Crippen LogP contribution in [0.1, 0.15) is 57.2 Å². The summed E-state index contributed by atoms with van der Waals surface area (Å²) in [6, 6.07) is 2.62. The van der Waals surface area contributed by atoms with Gasteiger partial charge in [0.25, 0.3) is 0 Å². The van der Waals surface area contributed by atoms with Crippen LogP contribution in [0.4, 0.5) is 0 Å². The first kappa shape index (κ1) is 12.6. The maximum Gasteiger partial charge on any atom is 0.0796 e. The molecule has 0 aliphatic heterocycles. The summed E-state index contributed by atoms with van der Waals surface area (Å²) in [7, 11) is 2.00. The normalized spacial score (nSPS) is 20.1. The molecule has 17 heavy (non-hydrogen) atoms. The van der Waals surface area contributed by atoms with Gasteiger partial charge in [-0.15, -0.1) is 0 Å². The fourth-order valence-electron chi connectivity index (χ4n) is 2.98. The Labute approximate surface area is 105 Å². The van der Waals surface area contributed by atoms with Gasteiger partial charge < -0.3 is 5.32 Å². The van der Waals surface area contributed by atoms with E-state index in [-0.39, 0.29) is 0 Å². The molecule has 0 spiro atoms. The predicted molar refractivity (Wildman–Crippen MR) is 70.8 cm³/mol. The van der Waals surface area contributed by atoms with Gasteiger partial charge in [0.1, 0.15) is 0 Å². The van der Waals surface area contributed by atoms with Gasteiger partial charge in [0.2, 0.25) is 0 Å². The SMILES string of the molecule is CCNC(c1ccn(C)n1)C1CCCCCC1. The van der Waals surface area contributed by atoms with Gasteiger partial charge in [-0.25, -0.2) is 0 Å². The molecular weight excluding hydrogens is 210 g/mol. The molecule has 1 atom stereocenters. The second-order valence-corrected chi connectivity index (χ2v) is 5.20. The van der Waals surface area contributed by atoms with E-state index in [1.807, 2.05) is 11.7 Å². The molecule has 0 saturated heterocycles. The highest BCUT2D eigenvalue weighted by Crippen LogP contribution is 2.32. The van der Waals surface area contributed by atoms with E-state index >= 15 is 0 Å². The minimum atomic E-state index is 0.458. The maximum absolute atomic E-state index is 4.59. The fourth-order valence-corrected chi connectivity index (χ4v) is 2.98. The van der Waals surface area contributed by atoms with Crippen molar-refractivity contribution in [2.24, 2.45) is 13.0 Å². The van der Waals surface area contributed by atoms with Crippen molar-refractivity contribution in [3.05, 3.63) is 18.0 Å². The first-order valence-electron chi connectivity index (χ1n) is 7.04. The molecule has 1 saturated carbocycles. The molecule has 96 valence electrons. The molecule has 1 heterocycles. The summed E-state index contributed by atoms with van der Waals surface area (Å²) < 4.78 is 1.91. The summed E-state index contributed by atoms with van der Waals surface area (Å²) in [6.45, 7) is 3.21. The molecule has 0 aromatic carbocycles. The van der Waals surface area contributed by atoms with Crippen LogP contribution in [0.5, 0.6) is 0 Å². The Morgan fingerprint density at radius 2 is 2.06 bits per heavy atom. The molecule has 1 N–H and O–H groups in total. The fraction of sp³-hybridized carbons (Fsp3) is 0.786. The van der Waals surface area contributed by atoms with E-state index in [2.05, 4.69) is 29.6 Å². The average Bonchev–Trinajstić information content (AvgIpc) is 2.60. The van der Waals surface area contributed by atoms with E-state index in [1.54, 1.807) is 0 Å². The Balaban J connectivity index is 2.09. The van der Waals surface area contributed by atoms with Crippen molar-refractivity contribution < 1.29 is 0 Å². The van der Waals surface area contributed by atoms with Crippen molar-refractivity contribution in [1.82, 2.24) is 15.1 Å². The van der Waals surface area contributed by atoms with E-state index in [9.17, 15) is 0 Å². The van der Waals surface area contributed by atoms with Crippen molar-refractivity contribution in [3.63, 3.8) is 0 Å². The second kappa shape index (κ2) is 6.20. The first-order chi connectivity index (χ1) is 8.31. The molecule has 0 amide bonds. The highest BCUT2D eigenvalue weighted by Gasteiger charge is 2.24. The van der Waals surface area contributed by atoms with Crippen LogP contribution in [0, 0.1) is 5.92 Å². The van der Waals surface area contributed by atoms with Crippen LogP contribution in [0.3, 0.4) is 0 Å². The van der Waals surface area contributed by atoms with Gasteiger partial charge >= 0.3 is 0 Å². The highest BCUT2D eigenvalue weighted by atomic mass is 15.3. The number of aromatic nitrogens is 2. The lowest BCUT2D eigenvalue weighted by atomic mass is 9.90. The van der Waals surface area contributed by atoms with Crippen LogP contribution >= 0.6 is 0 Å². The molecule has 2 rings (SSSR count). The molecule has 1 aliphatic carbocycles. The molecule has 1 aliphatic rings. The van der Waals surface area contributed by atoms with E-state index in [4.69, 9.17) is 0 Å². The molecule has 3 heteroatoms. The molecule has 0 bridgehead atoms. The predicted octanol–water partition coefficient (Wildman–Crippen LogP) is 3.04. The Morgan fingerprint density at radius 3 is 2.59 bits per heavy atom. The zero-order valence-corrected chi connectivity index (χ0v) is 11.2.